The third kappa shape index (κ3) is 2.94. The second-order valence-corrected chi connectivity index (χ2v) is 6.33. The van der Waals surface area contributed by atoms with E-state index in [1.54, 1.807) is 13.2 Å². The van der Waals surface area contributed by atoms with Crippen molar-refractivity contribution in [2.45, 2.75) is 20.0 Å². The van der Waals surface area contributed by atoms with Crippen LogP contribution in [0.5, 0.6) is 5.75 Å². The lowest BCUT2D eigenvalue weighted by Gasteiger charge is -2.28. The van der Waals surface area contributed by atoms with Crippen LogP contribution in [0.25, 0.3) is 11.3 Å². The average molecular weight is 348 g/mol. The van der Waals surface area contributed by atoms with Crippen LogP contribution in [-0.2, 0) is 13.1 Å². The van der Waals surface area contributed by atoms with Crippen molar-refractivity contribution in [1.82, 2.24) is 19.4 Å². The van der Waals surface area contributed by atoms with Gasteiger partial charge in [-0.25, -0.2) is 9.97 Å². The van der Waals surface area contributed by atoms with E-state index in [4.69, 9.17) is 4.74 Å². The molecule has 0 bridgehead atoms. The summed E-state index contributed by atoms with van der Waals surface area (Å²) in [4.78, 5) is 23.4. The zero-order valence-electron chi connectivity index (χ0n) is 14.8. The first kappa shape index (κ1) is 16.3. The van der Waals surface area contributed by atoms with Crippen LogP contribution >= 0.6 is 0 Å². The van der Waals surface area contributed by atoms with Crippen LogP contribution in [0.15, 0.2) is 48.7 Å². The van der Waals surface area contributed by atoms with E-state index in [1.807, 2.05) is 54.4 Å². The number of rotatable bonds is 3. The molecule has 0 atom stereocenters. The Balaban J connectivity index is 1.57. The van der Waals surface area contributed by atoms with Crippen LogP contribution in [0.3, 0.4) is 0 Å². The lowest BCUT2D eigenvalue weighted by molar-refractivity contribution is 0.0702. The van der Waals surface area contributed by atoms with Gasteiger partial charge in [-0.15, -0.1) is 0 Å². The summed E-state index contributed by atoms with van der Waals surface area (Å²) in [5.41, 5.74) is 3.48. The number of carbonyl (C=O) groups is 1. The maximum Gasteiger partial charge on any atom is 0.272 e. The number of hydrogen-bond donors (Lipinski definition) is 0. The van der Waals surface area contributed by atoms with E-state index in [1.165, 1.54) is 0 Å². The maximum absolute atomic E-state index is 12.7. The summed E-state index contributed by atoms with van der Waals surface area (Å²) in [5.74, 6) is 1.67. The van der Waals surface area contributed by atoms with Gasteiger partial charge in [0.05, 0.1) is 25.5 Å². The second kappa shape index (κ2) is 6.63. The molecule has 2 aromatic heterocycles. The smallest absolute Gasteiger partial charge is 0.272 e. The van der Waals surface area contributed by atoms with Gasteiger partial charge < -0.3 is 14.2 Å². The number of nitrogens with zero attached hydrogens (tertiary/aromatic N) is 4. The molecule has 0 aliphatic carbocycles. The second-order valence-electron chi connectivity index (χ2n) is 6.33. The highest BCUT2D eigenvalue weighted by Crippen LogP contribution is 2.26. The van der Waals surface area contributed by atoms with Gasteiger partial charge in [-0.3, -0.25) is 4.79 Å². The van der Waals surface area contributed by atoms with Crippen LogP contribution in [0.2, 0.25) is 0 Å². The van der Waals surface area contributed by atoms with Gasteiger partial charge in [0.1, 0.15) is 17.3 Å². The van der Waals surface area contributed by atoms with E-state index < -0.39 is 0 Å². The van der Waals surface area contributed by atoms with Crippen molar-refractivity contribution in [3.05, 3.63) is 65.9 Å². The van der Waals surface area contributed by atoms with Gasteiger partial charge in [-0.1, -0.05) is 6.07 Å². The highest BCUT2D eigenvalue weighted by molar-refractivity contribution is 5.92. The first-order chi connectivity index (χ1) is 12.7. The summed E-state index contributed by atoms with van der Waals surface area (Å²) in [6.45, 7) is 3.74. The fraction of sp³-hybridized carbons (Fsp3) is 0.250. The Morgan fingerprint density at radius 2 is 1.92 bits per heavy atom. The highest BCUT2D eigenvalue weighted by Gasteiger charge is 2.25. The van der Waals surface area contributed by atoms with Gasteiger partial charge >= 0.3 is 0 Å². The van der Waals surface area contributed by atoms with E-state index >= 15 is 0 Å². The lowest BCUT2D eigenvalue weighted by atomic mass is 10.1. The minimum absolute atomic E-state index is 0.0473. The van der Waals surface area contributed by atoms with E-state index in [0.29, 0.717) is 25.3 Å². The summed E-state index contributed by atoms with van der Waals surface area (Å²) < 4.78 is 7.39. The van der Waals surface area contributed by atoms with Crippen LogP contribution in [0.4, 0.5) is 0 Å². The third-order valence-electron chi connectivity index (χ3n) is 4.64. The van der Waals surface area contributed by atoms with Gasteiger partial charge in [0.25, 0.3) is 5.91 Å². The molecule has 26 heavy (non-hydrogen) atoms. The van der Waals surface area contributed by atoms with Crippen molar-refractivity contribution in [3.8, 4) is 17.0 Å². The Morgan fingerprint density at radius 1 is 1.12 bits per heavy atom. The molecule has 132 valence electrons. The summed E-state index contributed by atoms with van der Waals surface area (Å²) in [5, 5.41) is 0. The molecule has 0 radical (unpaired) electrons. The zero-order valence-corrected chi connectivity index (χ0v) is 14.8. The fourth-order valence-electron chi connectivity index (χ4n) is 3.25. The lowest BCUT2D eigenvalue weighted by Crippen LogP contribution is -2.39. The molecule has 4 rings (SSSR count). The van der Waals surface area contributed by atoms with Gasteiger partial charge in [0, 0.05) is 24.3 Å². The summed E-state index contributed by atoms with van der Waals surface area (Å²) >= 11 is 0. The van der Waals surface area contributed by atoms with Crippen LogP contribution in [0, 0.1) is 6.92 Å². The maximum atomic E-state index is 12.7. The molecule has 1 amide bonds. The number of benzene rings is 1. The topological polar surface area (TPSA) is 60.2 Å². The first-order valence-electron chi connectivity index (χ1n) is 8.57. The number of aryl methyl sites for hydroxylation is 1. The molecule has 6 heteroatoms. The number of ether oxygens (including phenoxy) is 1. The number of aromatic nitrogens is 3. The predicted octanol–water partition coefficient (Wildman–Crippen LogP) is 2.92. The molecule has 3 aromatic rings. The number of fused-ring (bicyclic) bond motifs is 1. The van der Waals surface area contributed by atoms with Gasteiger partial charge in [-0.2, -0.15) is 0 Å². The number of imidazole rings is 1. The Morgan fingerprint density at radius 3 is 2.65 bits per heavy atom. The van der Waals surface area contributed by atoms with E-state index in [9.17, 15) is 4.79 Å². The zero-order chi connectivity index (χ0) is 18.1. The summed E-state index contributed by atoms with van der Waals surface area (Å²) in [7, 11) is 1.66. The number of amides is 1. The molecule has 0 N–H and O–H groups in total. The standard InChI is InChI=1S/C20H20N4O2/c1-14-4-3-5-17(22-14)20(25)23-10-11-24-18(12-21-19(24)13-23)15-6-8-16(26-2)9-7-15/h3-9,12H,10-11,13H2,1-2H3. The number of carbonyl (C=O) groups excluding carboxylic acids is 1. The predicted molar refractivity (Wildman–Crippen MR) is 97.9 cm³/mol. The van der Waals surface area contributed by atoms with E-state index in [2.05, 4.69) is 14.5 Å². The van der Waals surface area contributed by atoms with Gasteiger partial charge in [0.15, 0.2) is 0 Å². The van der Waals surface area contributed by atoms with Crippen LogP contribution in [-0.4, -0.2) is 39.0 Å². The van der Waals surface area contributed by atoms with Crippen molar-refractivity contribution in [1.29, 1.82) is 0 Å². The molecule has 1 aromatic carbocycles. The quantitative estimate of drug-likeness (QED) is 0.730. The van der Waals surface area contributed by atoms with Gasteiger partial charge in [-0.05, 0) is 43.3 Å². The Hall–Kier alpha value is -3.15. The normalized spacial score (nSPS) is 13.4. The SMILES string of the molecule is COc1ccc(-c2cnc3n2CCN(C(=O)c2cccc(C)n2)C3)cc1. The van der Waals surface area contributed by atoms with Gasteiger partial charge in [0.2, 0.25) is 0 Å². The minimum Gasteiger partial charge on any atom is -0.497 e. The molecule has 6 nitrogen and oxygen atoms in total. The molecule has 0 fully saturated rings. The minimum atomic E-state index is -0.0473. The molecule has 0 saturated heterocycles. The van der Waals surface area contributed by atoms with Crippen molar-refractivity contribution in [2.75, 3.05) is 13.7 Å². The molecule has 3 heterocycles. The van der Waals surface area contributed by atoms with Crippen LogP contribution in [0.1, 0.15) is 22.0 Å². The highest BCUT2D eigenvalue weighted by atomic mass is 16.5. The molecule has 0 saturated carbocycles. The molecule has 0 unspecified atom stereocenters. The molecule has 1 aliphatic rings. The van der Waals surface area contributed by atoms with Crippen LogP contribution < -0.4 is 4.74 Å². The fourth-order valence-corrected chi connectivity index (χ4v) is 3.25. The number of pyridine rings is 1. The summed E-state index contributed by atoms with van der Waals surface area (Å²) in [6, 6.07) is 13.5. The monoisotopic (exact) mass is 348 g/mol. The number of methoxy groups -OCH3 is 1. The summed E-state index contributed by atoms with van der Waals surface area (Å²) in [6.07, 6.45) is 1.87. The third-order valence-corrected chi connectivity index (χ3v) is 4.64. The Labute approximate surface area is 152 Å². The molecular weight excluding hydrogens is 328 g/mol. The van der Waals surface area contributed by atoms with Crippen molar-refractivity contribution in [2.24, 2.45) is 0 Å². The first-order valence-corrected chi connectivity index (χ1v) is 8.57. The molecular formula is C20H20N4O2. The Bertz CT molecular complexity index is 947. The van der Waals surface area contributed by atoms with E-state index in [-0.39, 0.29) is 5.91 Å². The average Bonchev–Trinajstić information content (AvgIpc) is 3.10. The number of hydrogen-bond acceptors (Lipinski definition) is 4. The largest absolute Gasteiger partial charge is 0.497 e. The van der Waals surface area contributed by atoms with Crippen molar-refractivity contribution < 1.29 is 9.53 Å². The molecule has 0 spiro atoms. The molecule has 1 aliphatic heterocycles. The Kier molecular flexibility index (Phi) is 4.16. The van der Waals surface area contributed by atoms with Crippen molar-refractivity contribution in [3.63, 3.8) is 0 Å². The van der Waals surface area contributed by atoms with E-state index in [0.717, 1.165) is 28.5 Å². The van der Waals surface area contributed by atoms with Crippen molar-refractivity contribution >= 4 is 5.91 Å².